The number of amides is 1. The molecule has 4 rings (SSSR count). The summed E-state index contributed by atoms with van der Waals surface area (Å²) in [5.74, 6) is -0.317. The van der Waals surface area contributed by atoms with E-state index in [2.05, 4.69) is 9.97 Å². The van der Waals surface area contributed by atoms with E-state index >= 15 is 0 Å². The minimum absolute atomic E-state index is 0.0389. The highest BCUT2D eigenvalue weighted by Crippen LogP contribution is 2.31. The van der Waals surface area contributed by atoms with Crippen molar-refractivity contribution in [2.45, 2.75) is 6.54 Å². The molecule has 0 bridgehead atoms. The first-order chi connectivity index (χ1) is 15.0. The molecule has 31 heavy (non-hydrogen) atoms. The highest BCUT2D eigenvalue weighted by molar-refractivity contribution is 7.22. The summed E-state index contributed by atoms with van der Waals surface area (Å²) in [6.45, 7) is 0.229. The van der Waals surface area contributed by atoms with E-state index < -0.39 is 4.92 Å². The van der Waals surface area contributed by atoms with Crippen molar-refractivity contribution in [1.29, 1.82) is 0 Å². The standard InChI is InChI=1S/C22H15ClN4O3S/c23-16-8-9-19-20(13-16)31-22(25-19)26(14-17-5-1-2-11-24-17)21(28)10-7-15-4-3-6-18(12-15)27(29)30/h1-13H,14H2/b10-7+. The van der Waals surface area contributed by atoms with Crippen LogP contribution in [0, 0.1) is 10.1 Å². The van der Waals surface area contributed by atoms with Crippen LogP contribution >= 0.6 is 22.9 Å². The van der Waals surface area contributed by atoms with Gasteiger partial charge in [0.05, 0.1) is 27.4 Å². The first kappa shape index (κ1) is 20.6. The fraction of sp³-hybridized carbons (Fsp3) is 0.0455. The Morgan fingerprint density at radius 1 is 1.16 bits per heavy atom. The summed E-state index contributed by atoms with van der Waals surface area (Å²) in [6.07, 6.45) is 4.58. The van der Waals surface area contributed by atoms with Crippen molar-refractivity contribution in [2.75, 3.05) is 4.90 Å². The number of aromatic nitrogens is 2. The summed E-state index contributed by atoms with van der Waals surface area (Å²) >= 11 is 7.44. The largest absolute Gasteiger partial charge is 0.278 e. The molecular weight excluding hydrogens is 436 g/mol. The molecule has 0 atom stereocenters. The summed E-state index contributed by atoms with van der Waals surface area (Å²) in [5, 5.41) is 12.1. The van der Waals surface area contributed by atoms with Crippen LogP contribution in [0.25, 0.3) is 16.3 Å². The van der Waals surface area contributed by atoms with Gasteiger partial charge in [-0.1, -0.05) is 41.1 Å². The predicted octanol–water partition coefficient (Wildman–Crippen LogP) is 5.50. The fourth-order valence-electron chi connectivity index (χ4n) is 2.89. The van der Waals surface area contributed by atoms with E-state index in [0.717, 1.165) is 10.2 Å². The zero-order valence-electron chi connectivity index (χ0n) is 16.0. The number of rotatable bonds is 6. The summed E-state index contributed by atoms with van der Waals surface area (Å²) in [5.41, 5.74) is 1.96. The van der Waals surface area contributed by atoms with Gasteiger partial charge in [0, 0.05) is 29.4 Å². The van der Waals surface area contributed by atoms with Gasteiger partial charge in [-0.05, 0) is 42.0 Å². The number of non-ortho nitro benzene ring substituents is 1. The molecule has 1 amide bonds. The Morgan fingerprint density at radius 3 is 2.81 bits per heavy atom. The van der Waals surface area contributed by atoms with E-state index in [4.69, 9.17) is 11.6 Å². The number of carbonyl (C=O) groups excluding carboxylic acids is 1. The second kappa shape index (κ2) is 9.03. The van der Waals surface area contributed by atoms with Crippen LogP contribution in [-0.4, -0.2) is 20.8 Å². The van der Waals surface area contributed by atoms with Crippen molar-refractivity contribution in [3.05, 3.63) is 99.3 Å². The highest BCUT2D eigenvalue weighted by Gasteiger charge is 2.19. The molecule has 7 nitrogen and oxygen atoms in total. The molecule has 4 aromatic rings. The monoisotopic (exact) mass is 450 g/mol. The van der Waals surface area contributed by atoms with Crippen LogP contribution in [0.2, 0.25) is 5.02 Å². The van der Waals surface area contributed by atoms with Gasteiger partial charge in [-0.15, -0.1) is 0 Å². The van der Waals surface area contributed by atoms with Crippen LogP contribution in [0.5, 0.6) is 0 Å². The van der Waals surface area contributed by atoms with Gasteiger partial charge in [0.2, 0.25) is 0 Å². The molecule has 0 radical (unpaired) electrons. The number of nitro groups is 1. The molecule has 2 aromatic heterocycles. The third-order valence-corrected chi connectivity index (χ3v) is 5.66. The Labute approximate surface area is 186 Å². The third kappa shape index (κ3) is 4.93. The van der Waals surface area contributed by atoms with Crippen molar-refractivity contribution in [2.24, 2.45) is 0 Å². The van der Waals surface area contributed by atoms with E-state index in [1.54, 1.807) is 48.7 Å². The van der Waals surface area contributed by atoms with Crippen molar-refractivity contribution >= 4 is 56.0 Å². The molecule has 0 unspecified atom stereocenters. The zero-order chi connectivity index (χ0) is 21.8. The lowest BCUT2D eigenvalue weighted by atomic mass is 10.2. The smallest absolute Gasteiger partial charge is 0.270 e. The molecule has 2 heterocycles. The van der Waals surface area contributed by atoms with Crippen LogP contribution in [0.1, 0.15) is 11.3 Å². The molecule has 2 aromatic carbocycles. The molecule has 9 heteroatoms. The first-order valence-electron chi connectivity index (χ1n) is 9.19. The lowest BCUT2D eigenvalue weighted by Gasteiger charge is -2.17. The van der Waals surface area contributed by atoms with Crippen molar-refractivity contribution in [3.8, 4) is 0 Å². The fourth-order valence-corrected chi connectivity index (χ4v) is 4.14. The van der Waals surface area contributed by atoms with Crippen LogP contribution in [-0.2, 0) is 11.3 Å². The number of fused-ring (bicyclic) bond motifs is 1. The van der Waals surface area contributed by atoms with Crippen LogP contribution in [0.3, 0.4) is 0 Å². The maximum absolute atomic E-state index is 13.1. The number of thiazole rings is 1. The maximum atomic E-state index is 13.1. The van der Waals surface area contributed by atoms with Gasteiger partial charge in [-0.25, -0.2) is 4.98 Å². The molecule has 0 aliphatic rings. The molecule has 0 saturated carbocycles. The van der Waals surface area contributed by atoms with Gasteiger partial charge in [-0.3, -0.25) is 24.8 Å². The first-order valence-corrected chi connectivity index (χ1v) is 10.4. The van der Waals surface area contributed by atoms with Crippen molar-refractivity contribution in [1.82, 2.24) is 9.97 Å². The van der Waals surface area contributed by atoms with Gasteiger partial charge in [0.15, 0.2) is 5.13 Å². The van der Waals surface area contributed by atoms with E-state index in [1.807, 2.05) is 12.1 Å². The lowest BCUT2D eigenvalue weighted by molar-refractivity contribution is -0.384. The number of carbonyl (C=O) groups is 1. The zero-order valence-corrected chi connectivity index (χ0v) is 17.6. The average Bonchev–Trinajstić information content (AvgIpc) is 3.19. The second-order valence-electron chi connectivity index (χ2n) is 6.54. The lowest BCUT2D eigenvalue weighted by Crippen LogP contribution is -2.29. The maximum Gasteiger partial charge on any atom is 0.270 e. The normalized spacial score (nSPS) is 11.1. The number of nitro benzene ring substituents is 1. The predicted molar refractivity (Wildman–Crippen MR) is 122 cm³/mol. The minimum atomic E-state index is -0.473. The van der Waals surface area contributed by atoms with Gasteiger partial charge in [0.1, 0.15) is 0 Å². The average molecular weight is 451 g/mol. The third-order valence-electron chi connectivity index (χ3n) is 4.38. The quantitative estimate of drug-likeness (QED) is 0.220. The Balaban J connectivity index is 1.66. The Morgan fingerprint density at radius 2 is 2.03 bits per heavy atom. The Bertz CT molecular complexity index is 1290. The number of nitrogens with zero attached hydrogens (tertiary/aromatic N) is 4. The van der Waals surface area contributed by atoms with Crippen LogP contribution in [0.4, 0.5) is 10.8 Å². The molecule has 0 saturated heterocycles. The molecule has 0 N–H and O–H groups in total. The number of hydrogen-bond acceptors (Lipinski definition) is 6. The summed E-state index contributed by atoms with van der Waals surface area (Å²) in [4.78, 5) is 34.0. The molecule has 0 aliphatic heterocycles. The summed E-state index contributed by atoms with van der Waals surface area (Å²) in [7, 11) is 0. The Kier molecular flexibility index (Phi) is 6.01. The highest BCUT2D eigenvalue weighted by atomic mass is 35.5. The second-order valence-corrected chi connectivity index (χ2v) is 7.98. The SMILES string of the molecule is O=C(/C=C/c1cccc([N+](=O)[O-])c1)N(Cc1ccccn1)c1nc2ccc(Cl)cc2s1. The summed E-state index contributed by atoms with van der Waals surface area (Å²) < 4.78 is 0.865. The van der Waals surface area contributed by atoms with E-state index in [0.29, 0.717) is 21.4 Å². The van der Waals surface area contributed by atoms with Gasteiger partial charge < -0.3 is 0 Å². The summed E-state index contributed by atoms with van der Waals surface area (Å²) in [6, 6.07) is 16.9. The molecule has 0 spiro atoms. The number of halogens is 1. The number of benzene rings is 2. The van der Waals surface area contributed by atoms with Crippen molar-refractivity contribution < 1.29 is 9.72 Å². The molecule has 0 aliphatic carbocycles. The minimum Gasteiger partial charge on any atom is -0.278 e. The number of hydrogen-bond donors (Lipinski definition) is 0. The number of pyridine rings is 1. The number of anilines is 1. The van der Waals surface area contributed by atoms with E-state index in [-0.39, 0.29) is 18.1 Å². The topological polar surface area (TPSA) is 89.2 Å². The van der Waals surface area contributed by atoms with Crippen molar-refractivity contribution in [3.63, 3.8) is 0 Å². The van der Waals surface area contributed by atoms with Gasteiger partial charge in [-0.2, -0.15) is 0 Å². The van der Waals surface area contributed by atoms with Gasteiger partial charge in [0.25, 0.3) is 11.6 Å². The van der Waals surface area contributed by atoms with Crippen LogP contribution in [0.15, 0.2) is 72.9 Å². The molecule has 154 valence electrons. The molecular formula is C22H15ClN4O3S. The van der Waals surface area contributed by atoms with Gasteiger partial charge >= 0.3 is 0 Å². The molecule has 0 fully saturated rings. The van der Waals surface area contributed by atoms with Crippen LogP contribution < -0.4 is 4.90 Å². The van der Waals surface area contributed by atoms with E-state index in [1.165, 1.54) is 34.4 Å². The van der Waals surface area contributed by atoms with E-state index in [9.17, 15) is 14.9 Å². The Hall–Kier alpha value is -3.62.